The van der Waals surface area contributed by atoms with Gasteiger partial charge >= 0.3 is 0 Å². The van der Waals surface area contributed by atoms with Crippen molar-refractivity contribution in [1.29, 1.82) is 0 Å². The average Bonchev–Trinajstić information content (AvgIpc) is 2.92. The molecule has 0 unspecified atom stereocenters. The molecule has 206 valence electrons. The Labute approximate surface area is 228 Å². The van der Waals surface area contributed by atoms with Crippen LogP contribution in [-0.2, 0) is 14.3 Å². The second-order valence-electron chi connectivity index (χ2n) is 9.23. The maximum absolute atomic E-state index is 12.7. The second kappa shape index (κ2) is 17.7. The number of hydrogen-bond donors (Lipinski definition) is 4. The van der Waals surface area contributed by atoms with Crippen molar-refractivity contribution in [3.05, 3.63) is 42.5 Å². The molecule has 0 aromatic heterocycles. The summed E-state index contributed by atoms with van der Waals surface area (Å²) in [4.78, 5) is 24.2. The van der Waals surface area contributed by atoms with Crippen LogP contribution in [-0.4, -0.2) is 32.1 Å². The van der Waals surface area contributed by atoms with E-state index in [2.05, 4.69) is 20.7 Å². The molecule has 0 aliphatic carbocycles. The van der Waals surface area contributed by atoms with Crippen LogP contribution in [0.2, 0.25) is 0 Å². The van der Waals surface area contributed by atoms with Crippen molar-refractivity contribution in [2.45, 2.75) is 72.6 Å². The van der Waals surface area contributed by atoms with Gasteiger partial charge in [-0.25, -0.2) is 0 Å². The molecule has 1 aliphatic rings. The van der Waals surface area contributed by atoms with Crippen LogP contribution in [0.4, 0.5) is 22.7 Å². The lowest BCUT2D eigenvalue weighted by Gasteiger charge is -2.23. The normalized spacial score (nSPS) is 13.2. The summed E-state index contributed by atoms with van der Waals surface area (Å²) in [6.07, 6.45) is 3.97. The van der Waals surface area contributed by atoms with Gasteiger partial charge in [-0.05, 0) is 79.6 Å². The molecular weight excluding hydrogens is 484 g/mol. The van der Waals surface area contributed by atoms with Crippen LogP contribution >= 0.6 is 11.9 Å². The summed E-state index contributed by atoms with van der Waals surface area (Å²) >= 11 is 1.46. The minimum atomic E-state index is -0.491. The van der Waals surface area contributed by atoms with Crippen molar-refractivity contribution in [3.8, 4) is 0 Å². The van der Waals surface area contributed by atoms with E-state index >= 15 is 0 Å². The number of carbonyl (C=O) groups excluding carboxylic acids is 2. The zero-order valence-electron chi connectivity index (χ0n) is 23.6. The Balaban J connectivity index is 0.00000163. The van der Waals surface area contributed by atoms with Gasteiger partial charge in [0.2, 0.25) is 12.3 Å². The lowest BCUT2D eigenvalue weighted by atomic mass is 9.95. The van der Waals surface area contributed by atoms with E-state index in [0.717, 1.165) is 66.7 Å². The topological polar surface area (TPSA) is 91.5 Å². The van der Waals surface area contributed by atoms with Crippen LogP contribution in [0, 0.1) is 11.3 Å². The van der Waals surface area contributed by atoms with E-state index in [1.807, 2.05) is 90.9 Å². The van der Waals surface area contributed by atoms with Crippen molar-refractivity contribution in [1.82, 2.24) is 0 Å². The summed E-state index contributed by atoms with van der Waals surface area (Å²) in [7, 11) is 0. The summed E-state index contributed by atoms with van der Waals surface area (Å²) in [5, 5.41) is 9.22. The Morgan fingerprint density at radius 1 is 0.973 bits per heavy atom. The number of amides is 2. The van der Waals surface area contributed by atoms with Gasteiger partial charge in [0.15, 0.2) is 0 Å². The molecule has 1 aliphatic heterocycles. The first-order valence-corrected chi connectivity index (χ1v) is 14.2. The molecule has 2 aromatic rings. The zero-order chi connectivity index (χ0) is 27.7. The molecular formula is C29H46N4O3S. The summed E-state index contributed by atoms with van der Waals surface area (Å²) in [6, 6.07) is 13.5. The Morgan fingerprint density at radius 2 is 1.59 bits per heavy atom. The van der Waals surface area contributed by atoms with Gasteiger partial charge < -0.3 is 25.4 Å². The second-order valence-corrected chi connectivity index (χ2v) is 10.1. The van der Waals surface area contributed by atoms with Gasteiger partial charge in [-0.1, -0.05) is 48.5 Å². The van der Waals surface area contributed by atoms with Crippen molar-refractivity contribution >= 4 is 47.0 Å². The van der Waals surface area contributed by atoms with Crippen LogP contribution in [0.5, 0.6) is 0 Å². The molecule has 1 fully saturated rings. The number of ether oxygens (including phenoxy) is 1. The maximum Gasteiger partial charge on any atom is 0.229 e. The largest absolute Gasteiger partial charge is 0.383 e. The quantitative estimate of drug-likeness (QED) is 0.186. The van der Waals surface area contributed by atoms with E-state index in [4.69, 9.17) is 4.74 Å². The summed E-state index contributed by atoms with van der Waals surface area (Å²) < 4.78 is 8.78. The van der Waals surface area contributed by atoms with Gasteiger partial charge in [-0.15, -0.1) is 0 Å². The molecule has 7 nitrogen and oxygen atoms in total. The lowest BCUT2D eigenvalue weighted by molar-refractivity contribution is -0.123. The number of hydrogen-bond acceptors (Lipinski definition) is 6. The molecule has 0 saturated carbocycles. The third-order valence-electron chi connectivity index (χ3n) is 5.52. The van der Waals surface area contributed by atoms with E-state index in [9.17, 15) is 9.59 Å². The fourth-order valence-electron chi connectivity index (χ4n) is 3.43. The van der Waals surface area contributed by atoms with Gasteiger partial charge in [-0.3, -0.25) is 9.59 Å². The van der Waals surface area contributed by atoms with Gasteiger partial charge in [0.25, 0.3) is 0 Å². The standard InChI is InChI=1S/C25H34N4O3S.2C2H6/c1-25(2,3)24(31)28-23-16-20(29-33-21-7-4-19(5-8-21)27-17-30)6-9-22(23)26-13-10-18-11-14-32-15-12-18;2*1-2/h4-9,16-18,26,29H,10-15H2,1-3H3,(H,27,30)(H,28,31);2*1-2H3. The molecule has 1 saturated heterocycles. The number of carbonyl (C=O) groups is 2. The van der Waals surface area contributed by atoms with Crippen molar-refractivity contribution in [2.24, 2.45) is 11.3 Å². The first kappa shape index (κ1) is 32.3. The Hall–Kier alpha value is -2.71. The molecule has 2 amide bonds. The summed E-state index contributed by atoms with van der Waals surface area (Å²) in [6.45, 7) is 16.3. The third kappa shape index (κ3) is 11.9. The van der Waals surface area contributed by atoms with Crippen molar-refractivity contribution in [2.75, 3.05) is 40.4 Å². The van der Waals surface area contributed by atoms with Gasteiger partial charge in [0, 0.05) is 41.4 Å². The fourth-order valence-corrected chi connectivity index (χ4v) is 4.06. The van der Waals surface area contributed by atoms with Crippen molar-refractivity contribution < 1.29 is 14.3 Å². The highest BCUT2D eigenvalue weighted by molar-refractivity contribution is 8.00. The average molecular weight is 531 g/mol. The number of benzene rings is 2. The van der Waals surface area contributed by atoms with E-state index in [1.54, 1.807) is 0 Å². The van der Waals surface area contributed by atoms with Gasteiger partial charge in [0.05, 0.1) is 11.4 Å². The number of anilines is 4. The molecule has 3 rings (SSSR count). The first-order chi connectivity index (χ1) is 17.8. The molecule has 0 spiro atoms. The molecule has 2 aromatic carbocycles. The molecule has 0 bridgehead atoms. The molecule has 0 radical (unpaired) electrons. The zero-order valence-corrected chi connectivity index (χ0v) is 24.4. The maximum atomic E-state index is 12.7. The summed E-state index contributed by atoms with van der Waals surface area (Å²) in [5.41, 5.74) is 2.82. The van der Waals surface area contributed by atoms with Crippen LogP contribution in [0.1, 0.15) is 67.7 Å². The highest BCUT2D eigenvalue weighted by Crippen LogP contribution is 2.31. The molecule has 0 atom stereocenters. The van der Waals surface area contributed by atoms with Crippen LogP contribution in [0.3, 0.4) is 0 Å². The minimum absolute atomic E-state index is 0.0296. The Kier molecular flexibility index (Phi) is 15.5. The lowest BCUT2D eigenvalue weighted by Crippen LogP contribution is -2.28. The minimum Gasteiger partial charge on any atom is -0.383 e. The van der Waals surface area contributed by atoms with Crippen LogP contribution < -0.4 is 20.7 Å². The Bertz CT molecular complexity index is 924. The number of nitrogens with one attached hydrogen (secondary N) is 4. The highest BCUT2D eigenvalue weighted by Gasteiger charge is 2.22. The molecule has 4 N–H and O–H groups in total. The molecule has 37 heavy (non-hydrogen) atoms. The van der Waals surface area contributed by atoms with Crippen LogP contribution in [0.25, 0.3) is 0 Å². The number of rotatable bonds is 10. The SMILES string of the molecule is CC.CC.CC(C)(C)C(=O)Nc1cc(NSc2ccc(NC=O)cc2)ccc1NCCC1CCOCC1. The monoisotopic (exact) mass is 530 g/mol. The predicted molar refractivity (Wildman–Crippen MR) is 159 cm³/mol. The van der Waals surface area contributed by atoms with Gasteiger partial charge in [0.1, 0.15) is 0 Å². The van der Waals surface area contributed by atoms with E-state index in [1.165, 1.54) is 11.9 Å². The van der Waals surface area contributed by atoms with Gasteiger partial charge in [-0.2, -0.15) is 0 Å². The fraction of sp³-hybridized carbons (Fsp3) is 0.517. The molecule has 1 heterocycles. The van der Waals surface area contributed by atoms with E-state index in [-0.39, 0.29) is 5.91 Å². The third-order valence-corrected chi connectivity index (χ3v) is 6.37. The first-order valence-electron chi connectivity index (χ1n) is 13.4. The predicted octanol–water partition coefficient (Wildman–Crippen LogP) is 7.64. The van der Waals surface area contributed by atoms with E-state index in [0.29, 0.717) is 12.3 Å². The van der Waals surface area contributed by atoms with Crippen LogP contribution in [0.15, 0.2) is 47.4 Å². The smallest absolute Gasteiger partial charge is 0.229 e. The highest BCUT2D eigenvalue weighted by atomic mass is 32.2. The van der Waals surface area contributed by atoms with Crippen molar-refractivity contribution in [3.63, 3.8) is 0 Å². The summed E-state index contributed by atoms with van der Waals surface area (Å²) in [5.74, 6) is 0.655. The molecule has 8 heteroatoms. The Morgan fingerprint density at radius 3 is 2.19 bits per heavy atom. The van der Waals surface area contributed by atoms with E-state index < -0.39 is 5.41 Å².